The van der Waals surface area contributed by atoms with E-state index in [9.17, 15) is 4.79 Å². The zero-order valence-electron chi connectivity index (χ0n) is 24.0. The van der Waals surface area contributed by atoms with E-state index in [1.54, 1.807) is 4.90 Å². The Morgan fingerprint density at radius 2 is 1.98 bits per heavy atom. The molecule has 2 atom stereocenters. The maximum Gasteiger partial charge on any atom is 0.318 e. The smallest absolute Gasteiger partial charge is 0.318 e. The third-order valence-corrected chi connectivity index (χ3v) is 9.71. The SMILES string of the molecule is [C-]#[N+]C[C@H]1CN(c2nc(OC[C@@H]3CCCN3C)nc3c2CCN(c2cccc4cccc([131I])c24)C3)CCN1C(=O)C=C. The van der Waals surface area contributed by atoms with Crippen LogP contribution in [0.25, 0.3) is 15.6 Å². The van der Waals surface area contributed by atoms with Gasteiger partial charge in [-0.3, -0.25) is 4.79 Å². The van der Waals surface area contributed by atoms with Gasteiger partial charge < -0.3 is 29.2 Å². The Morgan fingerprint density at radius 1 is 1.14 bits per heavy atom. The second-order valence-electron chi connectivity index (χ2n) is 11.3. The molecule has 1 aromatic heterocycles. The predicted molar refractivity (Wildman–Crippen MR) is 174 cm³/mol. The molecule has 2 aromatic carbocycles. The molecule has 9 nitrogen and oxygen atoms in total. The van der Waals surface area contributed by atoms with Crippen LogP contribution in [0.2, 0.25) is 0 Å². The molecule has 218 valence electrons. The highest BCUT2D eigenvalue weighted by Gasteiger charge is 2.35. The van der Waals surface area contributed by atoms with Gasteiger partial charge >= 0.3 is 6.01 Å². The number of benzene rings is 2. The first-order valence-corrected chi connectivity index (χ1v) is 15.7. The van der Waals surface area contributed by atoms with Gasteiger partial charge in [0.2, 0.25) is 12.5 Å². The lowest BCUT2D eigenvalue weighted by Gasteiger charge is -2.41. The van der Waals surface area contributed by atoms with Crippen LogP contribution in [0.3, 0.4) is 0 Å². The molecule has 0 spiro atoms. The number of hydrogen-bond acceptors (Lipinski definition) is 7. The summed E-state index contributed by atoms with van der Waals surface area (Å²) < 4.78 is 7.54. The Hall–Kier alpha value is -3.43. The molecule has 2 saturated heterocycles. The van der Waals surface area contributed by atoms with Crippen molar-refractivity contribution in [1.82, 2.24) is 19.8 Å². The normalized spacial score (nSPS) is 20.8. The average Bonchev–Trinajstić information content (AvgIpc) is 3.43. The molecule has 2 fully saturated rings. The highest BCUT2D eigenvalue weighted by molar-refractivity contribution is 14.1. The first kappa shape index (κ1) is 28.7. The van der Waals surface area contributed by atoms with Crippen LogP contribution >= 0.6 is 22.6 Å². The van der Waals surface area contributed by atoms with Crippen molar-refractivity contribution in [2.75, 3.05) is 62.7 Å². The number of carbonyl (C=O) groups excluding carboxylic acids is 1. The van der Waals surface area contributed by atoms with Crippen molar-refractivity contribution in [3.8, 4) is 6.01 Å². The van der Waals surface area contributed by atoms with E-state index in [1.165, 1.54) is 32.5 Å². The van der Waals surface area contributed by atoms with Gasteiger partial charge in [0.05, 0.1) is 12.2 Å². The zero-order chi connectivity index (χ0) is 29.2. The fourth-order valence-corrected chi connectivity index (χ4v) is 7.33. The summed E-state index contributed by atoms with van der Waals surface area (Å²) >= 11 is 2.43. The summed E-state index contributed by atoms with van der Waals surface area (Å²) in [6, 6.07) is 13.5. The van der Waals surface area contributed by atoms with Crippen LogP contribution in [-0.2, 0) is 17.8 Å². The minimum atomic E-state index is -0.221. The van der Waals surface area contributed by atoms with Crippen LogP contribution in [0.15, 0.2) is 49.1 Å². The van der Waals surface area contributed by atoms with Crippen molar-refractivity contribution in [2.45, 2.75) is 37.9 Å². The topological polar surface area (TPSA) is 69.4 Å². The number of piperazine rings is 1. The average molecular weight is 682 g/mol. The maximum atomic E-state index is 12.5. The number of nitrogens with zero attached hydrogens (tertiary/aromatic N) is 7. The number of amides is 1. The molecule has 4 heterocycles. The van der Waals surface area contributed by atoms with Gasteiger partial charge in [-0.05, 0) is 79.0 Å². The van der Waals surface area contributed by atoms with Crippen LogP contribution in [0.4, 0.5) is 11.5 Å². The monoisotopic (exact) mass is 681 g/mol. The summed E-state index contributed by atoms with van der Waals surface area (Å²) in [7, 11) is 2.14. The van der Waals surface area contributed by atoms with E-state index in [-0.39, 0.29) is 18.5 Å². The summed E-state index contributed by atoms with van der Waals surface area (Å²) in [5, 5.41) is 2.50. The van der Waals surface area contributed by atoms with Gasteiger partial charge in [0, 0.05) is 52.4 Å². The molecule has 0 bridgehead atoms. The molecule has 0 aliphatic carbocycles. The molecule has 10 heteroatoms. The molecule has 1 amide bonds. The standard InChI is InChI=1S/C32H36IN7O2/c1-4-29(41)40-17-16-39(19-24(40)18-34-2)31-25-13-15-38(28-12-6-9-22-8-5-11-26(33)30(22)28)20-27(25)35-32(36-31)42-21-23-10-7-14-37(23)3/h4-6,8-9,11-12,23-24H,1,7,10,13-21H2,3H3/t23-,24-/m0/s1/i33+4. The predicted octanol–water partition coefficient (Wildman–Crippen LogP) is 4.39. The van der Waals surface area contributed by atoms with Crippen LogP contribution in [0, 0.1) is 10.1 Å². The minimum Gasteiger partial charge on any atom is -0.462 e. The second kappa shape index (κ2) is 12.4. The van der Waals surface area contributed by atoms with Crippen LogP contribution in [0.5, 0.6) is 6.01 Å². The van der Waals surface area contributed by atoms with Gasteiger partial charge in [0.25, 0.3) is 0 Å². The van der Waals surface area contributed by atoms with E-state index in [0.29, 0.717) is 44.8 Å². The van der Waals surface area contributed by atoms with Crippen molar-refractivity contribution in [2.24, 2.45) is 0 Å². The lowest BCUT2D eigenvalue weighted by Crippen LogP contribution is -2.56. The Bertz CT molecular complexity index is 1530. The van der Waals surface area contributed by atoms with Crippen LogP contribution in [0.1, 0.15) is 24.1 Å². The lowest BCUT2D eigenvalue weighted by atomic mass is 10.0. The zero-order valence-corrected chi connectivity index (χ0v) is 26.2. The fraction of sp³-hybridized carbons (Fsp3) is 0.438. The minimum absolute atomic E-state index is 0.127. The number of carbonyl (C=O) groups is 1. The summed E-state index contributed by atoms with van der Waals surface area (Å²) in [4.78, 5) is 34.9. The van der Waals surface area contributed by atoms with E-state index < -0.39 is 0 Å². The number of halogens is 1. The largest absolute Gasteiger partial charge is 0.462 e. The van der Waals surface area contributed by atoms with Crippen LogP contribution < -0.4 is 14.5 Å². The number of likely N-dealkylation sites (N-methyl/N-ethyl adjacent to an activating group) is 1. The van der Waals surface area contributed by atoms with Crippen molar-refractivity contribution in [1.29, 1.82) is 0 Å². The summed E-state index contributed by atoms with van der Waals surface area (Å²) in [5.41, 5.74) is 3.33. The second-order valence-corrected chi connectivity index (χ2v) is 12.5. The fourth-order valence-electron chi connectivity index (χ4n) is 6.54. The summed E-state index contributed by atoms with van der Waals surface area (Å²) in [6.45, 7) is 16.3. The maximum absolute atomic E-state index is 12.5. The molecule has 0 unspecified atom stereocenters. The lowest BCUT2D eigenvalue weighted by molar-refractivity contribution is -0.128. The van der Waals surface area contributed by atoms with Gasteiger partial charge in [0.15, 0.2) is 0 Å². The Morgan fingerprint density at radius 3 is 2.74 bits per heavy atom. The van der Waals surface area contributed by atoms with E-state index >= 15 is 0 Å². The summed E-state index contributed by atoms with van der Waals surface area (Å²) in [6.07, 6.45) is 4.43. The van der Waals surface area contributed by atoms with Crippen molar-refractivity contribution >= 4 is 50.8 Å². The molecule has 6 rings (SSSR count). The molecule has 0 saturated carbocycles. The van der Waals surface area contributed by atoms with E-state index in [0.717, 1.165) is 43.0 Å². The first-order valence-electron chi connectivity index (χ1n) is 14.6. The highest BCUT2D eigenvalue weighted by Crippen LogP contribution is 2.36. The van der Waals surface area contributed by atoms with Gasteiger partial charge in [-0.15, -0.1) is 0 Å². The Labute approximate surface area is 261 Å². The number of aromatic nitrogens is 2. The Kier molecular flexibility index (Phi) is 8.49. The van der Waals surface area contributed by atoms with Gasteiger partial charge in [-0.1, -0.05) is 30.8 Å². The third kappa shape index (κ3) is 5.64. The molecule has 0 N–H and O–H groups in total. The molecular formula is C32H36IN7O2. The van der Waals surface area contributed by atoms with Crippen molar-refractivity contribution < 1.29 is 9.53 Å². The van der Waals surface area contributed by atoms with Gasteiger partial charge in [-0.25, -0.2) is 6.57 Å². The van der Waals surface area contributed by atoms with E-state index in [1.807, 2.05) is 0 Å². The molecular weight excluding hydrogens is 645 g/mol. The molecule has 3 aliphatic heterocycles. The number of hydrogen-bond donors (Lipinski definition) is 0. The molecule has 3 aromatic rings. The van der Waals surface area contributed by atoms with E-state index in [4.69, 9.17) is 21.3 Å². The van der Waals surface area contributed by atoms with Crippen molar-refractivity contribution in [3.05, 3.63) is 75.3 Å². The number of anilines is 2. The van der Waals surface area contributed by atoms with Gasteiger partial charge in [-0.2, -0.15) is 9.97 Å². The van der Waals surface area contributed by atoms with E-state index in [2.05, 4.69) is 92.2 Å². The van der Waals surface area contributed by atoms with Gasteiger partial charge in [0.1, 0.15) is 18.5 Å². The van der Waals surface area contributed by atoms with Crippen LogP contribution in [-0.4, -0.2) is 90.7 Å². The molecule has 0 radical (unpaired) electrons. The Balaban J connectivity index is 1.34. The highest BCUT2D eigenvalue weighted by atomic mass is 131. The number of rotatable bonds is 7. The third-order valence-electron chi connectivity index (χ3n) is 8.81. The number of fused-ring (bicyclic) bond motifs is 2. The van der Waals surface area contributed by atoms with Crippen molar-refractivity contribution in [3.63, 3.8) is 0 Å². The first-order chi connectivity index (χ1) is 20.5. The molecule has 42 heavy (non-hydrogen) atoms. The quantitative estimate of drug-likeness (QED) is 0.208. The number of likely N-dealkylation sites (tertiary alicyclic amines) is 1. The molecule has 3 aliphatic rings. The summed E-state index contributed by atoms with van der Waals surface area (Å²) in [5.74, 6) is 0.751. The number of ether oxygens (including phenoxy) is 1.